The van der Waals surface area contributed by atoms with E-state index in [9.17, 15) is 0 Å². The molecular weight excluding hydrogens is 556 g/mol. The van der Waals surface area contributed by atoms with Crippen LogP contribution in [0, 0.1) is 0 Å². The summed E-state index contributed by atoms with van der Waals surface area (Å²) in [6.07, 6.45) is 1.13. The average molecular weight is 595 g/mol. The summed E-state index contributed by atoms with van der Waals surface area (Å²) in [5.41, 5.74) is 10.5. The first kappa shape index (κ1) is 29.1. The van der Waals surface area contributed by atoms with Gasteiger partial charge in [-0.15, -0.1) is 0 Å². The normalized spacial score (nSPS) is 11.7. The molecule has 1 unspecified atom stereocenters. The van der Waals surface area contributed by atoms with Crippen molar-refractivity contribution in [3.63, 3.8) is 0 Å². The van der Waals surface area contributed by atoms with E-state index in [-0.39, 0.29) is 0 Å². The Morgan fingerprint density at radius 1 is 0.391 bits per heavy atom. The van der Waals surface area contributed by atoms with Gasteiger partial charge in [0.15, 0.2) is 0 Å². The molecule has 0 aliphatic rings. The van der Waals surface area contributed by atoms with Gasteiger partial charge in [-0.05, 0) is 113 Å². The number of nitrogens with zero attached hydrogens (tertiary/aromatic N) is 2. The number of benzene rings is 7. The summed E-state index contributed by atoms with van der Waals surface area (Å²) in [7, 11) is 0. The fraction of sp³-hybridized carbons (Fsp3) is 0.0909. The molecule has 7 aromatic rings. The lowest BCUT2D eigenvalue weighted by Gasteiger charge is -2.29. The van der Waals surface area contributed by atoms with Crippen LogP contribution >= 0.6 is 0 Å². The summed E-state index contributed by atoms with van der Waals surface area (Å²) in [5, 5.41) is 2.47. The number of rotatable bonds is 9. The first-order chi connectivity index (χ1) is 22.7. The van der Waals surface area contributed by atoms with Gasteiger partial charge in [0.25, 0.3) is 0 Å². The Labute approximate surface area is 272 Å². The molecule has 1 atom stereocenters. The maximum atomic E-state index is 2.36. The summed E-state index contributed by atoms with van der Waals surface area (Å²) < 4.78 is 0. The summed E-state index contributed by atoms with van der Waals surface area (Å²) in [6, 6.07) is 63.3. The highest BCUT2D eigenvalue weighted by atomic mass is 15.2. The van der Waals surface area contributed by atoms with Crippen molar-refractivity contribution in [3.05, 3.63) is 181 Å². The van der Waals surface area contributed by atoms with E-state index < -0.39 is 0 Å². The maximum absolute atomic E-state index is 2.36. The topological polar surface area (TPSA) is 6.48 Å². The van der Waals surface area contributed by atoms with Crippen LogP contribution in [0.4, 0.5) is 34.1 Å². The molecule has 0 saturated carbocycles. The van der Waals surface area contributed by atoms with Crippen LogP contribution in [0.25, 0.3) is 21.9 Å². The first-order valence-electron chi connectivity index (χ1n) is 16.2. The predicted molar refractivity (Wildman–Crippen MR) is 197 cm³/mol. The van der Waals surface area contributed by atoms with Crippen LogP contribution in [0.5, 0.6) is 0 Å². The van der Waals surface area contributed by atoms with E-state index >= 15 is 0 Å². The Morgan fingerprint density at radius 2 is 0.804 bits per heavy atom. The Kier molecular flexibility index (Phi) is 8.34. The summed E-state index contributed by atoms with van der Waals surface area (Å²) in [6.45, 7) is 4.54. The Morgan fingerprint density at radius 3 is 1.39 bits per heavy atom. The minimum atomic E-state index is 0.535. The van der Waals surface area contributed by atoms with E-state index in [1.165, 1.54) is 27.5 Å². The van der Waals surface area contributed by atoms with Crippen molar-refractivity contribution in [1.29, 1.82) is 0 Å². The van der Waals surface area contributed by atoms with Gasteiger partial charge in [-0.3, -0.25) is 0 Å². The second kappa shape index (κ2) is 13.2. The molecule has 0 fully saturated rings. The van der Waals surface area contributed by atoms with Crippen molar-refractivity contribution in [2.75, 3.05) is 9.80 Å². The molecule has 0 saturated heterocycles. The van der Waals surface area contributed by atoms with Gasteiger partial charge < -0.3 is 9.80 Å². The monoisotopic (exact) mass is 594 g/mol. The lowest BCUT2D eigenvalue weighted by Crippen LogP contribution is -2.12. The van der Waals surface area contributed by atoms with Gasteiger partial charge in [0.1, 0.15) is 0 Å². The Hall–Kier alpha value is -5.60. The molecule has 0 N–H and O–H groups in total. The van der Waals surface area contributed by atoms with Crippen molar-refractivity contribution in [2.45, 2.75) is 26.2 Å². The van der Waals surface area contributed by atoms with Crippen molar-refractivity contribution in [1.82, 2.24) is 0 Å². The molecule has 7 rings (SSSR count). The molecule has 0 bridgehead atoms. The van der Waals surface area contributed by atoms with Crippen molar-refractivity contribution < 1.29 is 0 Å². The van der Waals surface area contributed by atoms with Crippen LogP contribution < -0.4 is 9.80 Å². The molecule has 7 aromatic carbocycles. The smallest absolute Gasteiger partial charge is 0.0468 e. The van der Waals surface area contributed by atoms with E-state index in [1.54, 1.807) is 0 Å². The molecule has 0 aliphatic heterocycles. The summed E-state index contributed by atoms with van der Waals surface area (Å²) in [5.74, 6) is 0.535. The molecule has 0 amide bonds. The molecular formula is C44H38N2. The number of hydrogen-bond donors (Lipinski definition) is 0. The lowest BCUT2D eigenvalue weighted by atomic mass is 9.98. The average Bonchev–Trinajstić information content (AvgIpc) is 3.13. The number of hydrogen-bond acceptors (Lipinski definition) is 2. The maximum Gasteiger partial charge on any atom is 0.0468 e. The van der Waals surface area contributed by atoms with Gasteiger partial charge in [-0.1, -0.05) is 117 Å². The minimum Gasteiger partial charge on any atom is -0.311 e. The highest BCUT2D eigenvalue weighted by Gasteiger charge is 2.17. The second-order valence-electron chi connectivity index (χ2n) is 11.9. The third-order valence-corrected chi connectivity index (χ3v) is 8.94. The highest BCUT2D eigenvalue weighted by Crippen LogP contribution is 2.40. The molecule has 0 aromatic heterocycles. The number of fused-ring (bicyclic) bond motifs is 1. The van der Waals surface area contributed by atoms with E-state index in [0.717, 1.165) is 40.5 Å². The van der Waals surface area contributed by atoms with Gasteiger partial charge in [0, 0.05) is 34.1 Å². The van der Waals surface area contributed by atoms with Crippen LogP contribution in [0.1, 0.15) is 31.7 Å². The predicted octanol–water partition coefficient (Wildman–Crippen LogP) is 13.0. The molecule has 2 heteroatoms. The zero-order valence-corrected chi connectivity index (χ0v) is 26.4. The van der Waals surface area contributed by atoms with Crippen LogP contribution in [0.3, 0.4) is 0 Å². The van der Waals surface area contributed by atoms with Gasteiger partial charge in [-0.25, -0.2) is 0 Å². The number of para-hydroxylation sites is 1. The third-order valence-electron chi connectivity index (χ3n) is 8.94. The molecule has 224 valence electrons. The van der Waals surface area contributed by atoms with Crippen molar-refractivity contribution >= 4 is 44.9 Å². The molecule has 0 spiro atoms. The lowest BCUT2D eigenvalue weighted by molar-refractivity contribution is 0.733. The summed E-state index contributed by atoms with van der Waals surface area (Å²) >= 11 is 0. The zero-order chi connectivity index (χ0) is 31.3. The van der Waals surface area contributed by atoms with Crippen LogP contribution in [-0.2, 0) is 0 Å². The van der Waals surface area contributed by atoms with Gasteiger partial charge >= 0.3 is 0 Å². The molecule has 2 nitrogen and oxygen atoms in total. The van der Waals surface area contributed by atoms with E-state index in [0.29, 0.717) is 5.92 Å². The SMILES string of the molecule is CCC(C)c1ccc(N(c2ccc(N(c3ccccc3)c3ccc(-c4ccccc4)cc3)cc2)c2ccc3ccccc3c2)cc1. The van der Waals surface area contributed by atoms with Gasteiger partial charge in [0.2, 0.25) is 0 Å². The van der Waals surface area contributed by atoms with Gasteiger partial charge in [0.05, 0.1) is 0 Å². The first-order valence-corrected chi connectivity index (χ1v) is 16.2. The molecule has 0 aliphatic carbocycles. The fourth-order valence-electron chi connectivity index (χ4n) is 6.16. The van der Waals surface area contributed by atoms with Crippen LogP contribution in [-0.4, -0.2) is 0 Å². The van der Waals surface area contributed by atoms with Crippen molar-refractivity contribution in [2.24, 2.45) is 0 Å². The largest absolute Gasteiger partial charge is 0.311 e. The Bertz CT molecular complexity index is 2010. The number of anilines is 6. The van der Waals surface area contributed by atoms with E-state index in [2.05, 4.69) is 200 Å². The fourth-order valence-corrected chi connectivity index (χ4v) is 6.16. The zero-order valence-electron chi connectivity index (χ0n) is 26.4. The highest BCUT2D eigenvalue weighted by molar-refractivity contribution is 5.89. The molecule has 0 heterocycles. The van der Waals surface area contributed by atoms with Crippen LogP contribution in [0.15, 0.2) is 176 Å². The van der Waals surface area contributed by atoms with Crippen molar-refractivity contribution in [3.8, 4) is 11.1 Å². The van der Waals surface area contributed by atoms with E-state index in [1.807, 2.05) is 0 Å². The van der Waals surface area contributed by atoms with Crippen LogP contribution in [0.2, 0.25) is 0 Å². The second-order valence-corrected chi connectivity index (χ2v) is 11.9. The quantitative estimate of drug-likeness (QED) is 0.164. The molecule has 46 heavy (non-hydrogen) atoms. The molecule has 0 radical (unpaired) electrons. The third kappa shape index (κ3) is 6.03. The van der Waals surface area contributed by atoms with E-state index in [4.69, 9.17) is 0 Å². The minimum absolute atomic E-state index is 0.535. The van der Waals surface area contributed by atoms with Gasteiger partial charge in [-0.2, -0.15) is 0 Å². The Balaban J connectivity index is 1.28. The standard InChI is InChI=1S/C44H38N2/c1-3-33(2)34-18-23-41(24-19-34)46(44-27-22-36-14-10-11-15-38(36)32-44)43-30-28-42(29-31-43)45(39-16-8-5-9-17-39)40-25-20-37(21-26-40)35-12-6-4-7-13-35/h4-33H,3H2,1-2H3. The summed E-state index contributed by atoms with van der Waals surface area (Å²) in [4.78, 5) is 4.68.